The molecule has 0 aliphatic rings. The highest BCUT2D eigenvalue weighted by Crippen LogP contribution is 2.24. The molecule has 5 heteroatoms. The number of nitrogens with one attached hydrogen (secondary N) is 1. The molecule has 0 unspecified atom stereocenters. The van der Waals surface area contributed by atoms with Gasteiger partial charge in [0.05, 0.1) is 11.9 Å². The van der Waals surface area contributed by atoms with Gasteiger partial charge in [-0.25, -0.2) is 9.97 Å². The molecule has 0 aliphatic carbocycles. The van der Waals surface area contributed by atoms with Gasteiger partial charge in [-0.15, -0.1) is 0 Å². The summed E-state index contributed by atoms with van der Waals surface area (Å²) in [6, 6.07) is 10.1. The summed E-state index contributed by atoms with van der Waals surface area (Å²) in [5.74, 6) is 1.50. The first-order chi connectivity index (χ1) is 10.2. The van der Waals surface area contributed by atoms with Gasteiger partial charge in [0.25, 0.3) is 0 Å². The van der Waals surface area contributed by atoms with Crippen LogP contribution in [0.4, 0.5) is 5.82 Å². The van der Waals surface area contributed by atoms with Crippen molar-refractivity contribution in [2.75, 3.05) is 12.4 Å². The molecular formula is C16H17N5. The zero-order valence-corrected chi connectivity index (χ0v) is 12.3. The van der Waals surface area contributed by atoms with Crippen LogP contribution in [0, 0.1) is 6.92 Å². The van der Waals surface area contributed by atoms with Crippen molar-refractivity contribution in [2.24, 2.45) is 7.05 Å². The molecule has 2 heterocycles. The van der Waals surface area contributed by atoms with E-state index in [2.05, 4.69) is 39.4 Å². The lowest BCUT2D eigenvalue weighted by Crippen LogP contribution is -1.98. The van der Waals surface area contributed by atoms with E-state index in [1.165, 1.54) is 5.56 Å². The second kappa shape index (κ2) is 5.36. The lowest BCUT2D eigenvalue weighted by Gasteiger charge is -2.07. The average Bonchev–Trinajstić information content (AvgIpc) is 2.93. The molecule has 3 aromatic rings. The van der Waals surface area contributed by atoms with Gasteiger partial charge in [0.1, 0.15) is 5.82 Å². The van der Waals surface area contributed by atoms with Crippen LogP contribution in [0.5, 0.6) is 0 Å². The van der Waals surface area contributed by atoms with Crippen molar-refractivity contribution in [2.45, 2.75) is 6.92 Å². The molecule has 1 aromatic carbocycles. The molecule has 0 radical (unpaired) electrons. The van der Waals surface area contributed by atoms with Crippen molar-refractivity contribution in [1.82, 2.24) is 19.7 Å². The normalized spacial score (nSPS) is 10.6. The zero-order chi connectivity index (χ0) is 14.8. The summed E-state index contributed by atoms with van der Waals surface area (Å²) >= 11 is 0. The van der Waals surface area contributed by atoms with Gasteiger partial charge >= 0.3 is 0 Å². The number of aromatic nitrogens is 4. The minimum absolute atomic E-state index is 0.712. The third-order valence-corrected chi connectivity index (χ3v) is 3.26. The fraction of sp³-hybridized carbons (Fsp3) is 0.188. The van der Waals surface area contributed by atoms with Gasteiger partial charge in [0, 0.05) is 37.5 Å². The van der Waals surface area contributed by atoms with Crippen molar-refractivity contribution in [3.63, 3.8) is 0 Å². The Labute approximate surface area is 123 Å². The number of hydrogen-bond donors (Lipinski definition) is 1. The minimum Gasteiger partial charge on any atom is -0.373 e. The molecular weight excluding hydrogens is 262 g/mol. The van der Waals surface area contributed by atoms with Gasteiger partial charge in [-0.1, -0.05) is 23.8 Å². The highest BCUT2D eigenvalue weighted by Gasteiger charge is 2.09. The number of anilines is 1. The number of nitrogens with zero attached hydrogens (tertiary/aromatic N) is 4. The quantitative estimate of drug-likeness (QED) is 0.801. The molecule has 0 bridgehead atoms. The summed E-state index contributed by atoms with van der Waals surface area (Å²) in [5.41, 5.74) is 4.04. The third kappa shape index (κ3) is 2.76. The van der Waals surface area contributed by atoms with Crippen LogP contribution >= 0.6 is 0 Å². The number of benzene rings is 1. The fourth-order valence-electron chi connectivity index (χ4n) is 2.19. The van der Waals surface area contributed by atoms with Crippen LogP contribution in [0.1, 0.15) is 5.56 Å². The average molecular weight is 279 g/mol. The zero-order valence-electron chi connectivity index (χ0n) is 12.3. The Kier molecular flexibility index (Phi) is 3.39. The second-order valence-corrected chi connectivity index (χ2v) is 4.98. The molecule has 0 atom stereocenters. The van der Waals surface area contributed by atoms with Crippen molar-refractivity contribution in [3.05, 3.63) is 48.3 Å². The van der Waals surface area contributed by atoms with Crippen LogP contribution in [0.2, 0.25) is 0 Å². The Hall–Kier alpha value is -2.69. The molecule has 0 spiro atoms. The van der Waals surface area contributed by atoms with Crippen LogP contribution in [-0.2, 0) is 7.05 Å². The Balaban J connectivity index is 2.13. The predicted octanol–water partition coefficient (Wildman–Crippen LogP) is 2.89. The maximum absolute atomic E-state index is 4.67. The molecule has 21 heavy (non-hydrogen) atoms. The molecule has 5 nitrogen and oxygen atoms in total. The van der Waals surface area contributed by atoms with E-state index in [4.69, 9.17) is 0 Å². The van der Waals surface area contributed by atoms with Gasteiger partial charge in [0.15, 0.2) is 5.82 Å². The molecule has 3 rings (SSSR count). The first-order valence-electron chi connectivity index (χ1n) is 6.78. The maximum Gasteiger partial charge on any atom is 0.162 e. The lowest BCUT2D eigenvalue weighted by atomic mass is 10.1. The molecule has 2 aromatic heterocycles. The van der Waals surface area contributed by atoms with E-state index in [1.54, 1.807) is 4.68 Å². The van der Waals surface area contributed by atoms with Crippen LogP contribution in [0.15, 0.2) is 42.7 Å². The summed E-state index contributed by atoms with van der Waals surface area (Å²) in [6.07, 6.45) is 3.75. The molecule has 0 aliphatic heterocycles. The monoisotopic (exact) mass is 279 g/mol. The first kappa shape index (κ1) is 13.3. The van der Waals surface area contributed by atoms with Crippen LogP contribution in [-0.4, -0.2) is 26.8 Å². The molecule has 1 N–H and O–H groups in total. The summed E-state index contributed by atoms with van der Waals surface area (Å²) in [5, 5.41) is 7.29. The van der Waals surface area contributed by atoms with Gasteiger partial charge in [0.2, 0.25) is 0 Å². The van der Waals surface area contributed by atoms with Crippen molar-refractivity contribution in [1.29, 1.82) is 0 Å². The topological polar surface area (TPSA) is 55.6 Å². The predicted molar refractivity (Wildman–Crippen MR) is 84.0 cm³/mol. The molecule has 0 saturated heterocycles. The van der Waals surface area contributed by atoms with Crippen LogP contribution in [0.25, 0.3) is 22.6 Å². The van der Waals surface area contributed by atoms with Crippen LogP contribution < -0.4 is 5.32 Å². The van der Waals surface area contributed by atoms with Crippen molar-refractivity contribution >= 4 is 5.82 Å². The van der Waals surface area contributed by atoms with E-state index in [1.807, 2.05) is 44.7 Å². The smallest absolute Gasteiger partial charge is 0.162 e. The SMILES string of the molecule is CNc1cc(-c2cnn(C)c2)nc(-c2cccc(C)c2)n1. The highest BCUT2D eigenvalue weighted by atomic mass is 15.2. The summed E-state index contributed by atoms with van der Waals surface area (Å²) in [7, 11) is 3.75. The molecule has 0 amide bonds. The Morgan fingerprint density at radius 3 is 2.62 bits per heavy atom. The van der Waals surface area contributed by atoms with Crippen molar-refractivity contribution < 1.29 is 0 Å². The summed E-state index contributed by atoms with van der Waals surface area (Å²) in [6.45, 7) is 2.06. The Morgan fingerprint density at radius 2 is 1.95 bits per heavy atom. The highest BCUT2D eigenvalue weighted by molar-refractivity contribution is 5.66. The van der Waals surface area contributed by atoms with E-state index in [0.717, 1.165) is 22.6 Å². The van der Waals surface area contributed by atoms with E-state index < -0.39 is 0 Å². The summed E-state index contributed by atoms with van der Waals surface area (Å²) < 4.78 is 1.77. The van der Waals surface area contributed by atoms with E-state index in [-0.39, 0.29) is 0 Å². The Morgan fingerprint density at radius 1 is 1.10 bits per heavy atom. The summed E-state index contributed by atoms with van der Waals surface area (Å²) in [4.78, 5) is 9.22. The largest absolute Gasteiger partial charge is 0.373 e. The van der Waals surface area contributed by atoms with Crippen LogP contribution in [0.3, 0.4) is 0 Å². The molecule has 106 valence electrons. The van der Waals surface area contributed by atoms with E-state index >= 15 is 0 Å². The Bertz CT molecular complexity index is 776. The molecule has 0 saturated carbocycles. The van der Waals surface area contributed by atoms with Crippen molar-refractivity contribution in [3.8, 4) is 22.6 Å². The van der Waals surface area contributed by atoms with Gasteiger partial charge in [-0.2, -0.15) is 5.10 Å². The lowest BCUT2D eigenvalue weighted by molar-refractivity contribution is 0.768. The molecule has 0 fully saturated rings. The van der Waals surface area contributed by atoms with Gasteiger partial charge in [-0.05, 0) is 13.0 Å². The second-order valence-electron chi connectivity index (χ2n) is 4.98. The number of rotatable bonds is 3. The first-order valence-corrected chi connectivity index (χ1v) is 6.78. The minimum atomic E-state index is 0.712. The number of aryl methyl sites for hydroxylation is 2. The van der Waals surface area contributed by atoms with Gasteiger partial charge < -0.3 is 5.32 Å². The maximum atomic E-state index is 4.67. The number of hydrogen-bond acceptors (Lipinski definition) is 4. The van der Waals surface area contributed by atoms with E-state index in [0.29, 0.717) is 5.82 Å². The standard InChI is InChI=1S/C16H17N5/c1-11-5-4-6-12(7-11)16-19-14(8-15(17-2)20-16)13-9-18-21(3)10-13/h4-10H,1-3H3,(H,17,19,20). The third-order valence-electron chi connectivity index (χ3n) is 3.26. The van der Waals surface area contributed by atoms with Gasteiger partial charge in [-0.3, -0.25) is 4.68 Å². The van der Waals surface area contributed by atoms with E-state index in [9.17, 15) is 0 Å². The fourth-order valence-corrected chi connectivity index (χ4v) is 2.19.